The molecular formula is C23H24N4O4. The van der Waals surface area contributed by atoms with E-state index in [9.17, 15) is 9.59 Å². The van der Waals surface area contributed by atoms with Crippen LogP contribution in [0.25, 0.3) is 11.4 Å². The minimum atomic E-state index is -0.188. The lowest BCUT2D eigenvalue weighted by atomic mass is 10.1. The zero-order chi connectivity index (χ0) is 22.0. The molecule has 1 atom stereocenters. The second kappa shape index (κ2) is 8.59. The molecule has 1 saturated heterocycles. The monoisotopic (exact) mass is 420 g/mol. The smallest absolute Gasteiger partial charge is 0.253 e. The van der Waals surface area contributed by atoms with Crippen molar-refractivity contribution in [2.24, 2.45) is 0 Å². The molecule has 8 nitrogen and oxygen atoms in total. The number of anilines is 1. The molecule has 1 unspecified atom stereocenters. The average molecular weight is 420 g/mol. The molecule has 2 heterocycles. The van der Waals surface area contributed by atoms with E-state index in [2.05, 4.69) is 10.1 Å². The van der Waals surface area contributed by atoms with Gasteiger partial charge in [0.15, 0.2) is 0 Å². The summed E-state index contributed by atoms with van der Waals surface area (Å²) >= 11 is 0. The summed E-state index contributed by atoms with van der Waals surface area (Å²) in [7, 11) is 3.41. The summed E-state index contributed by atoms with van der Waals surface area (Å²) in [4.78, 5) is 32.6. The molecule has 160 valence electrons. The summed E-state index contributed by atoms with van der Waals surface area (Å²) in [6.45, 7) is 2.99. The predicted molar refractivity (Wildman–Crippen MR) is 115 cm³/mol. The quantitative estimate of drug-likeness (QED) is 0.608. The van der Waals surface area contributed by atoms with Gasteiger partial charge in [-0.1, -0.05) is 17.3 Å². The van der Waals surface area contributed by atoms with E-state index in [1.807, 2.05) is 37.3 Å². The predicted octanol–water partition coefficient (Wildman–Crippen LogP) is 3.36. The number of hydrogen-bond donors (Lipinski definition) is 0. The van der Waals surface area contributed by atoms with Gasteiger partial charge in [-0.15, -0.1) is 0 Å². The van der Waals surface area contributed by atoms with Crippen LogP contribution in [-0.4, -0.2) is 54.1 Å². The summed E-state index contributed by atoms with van der Waals surface area (Å²) in [5.41, 5.74) is 2.05. The fourth-order valence-electron chi connectivity index (χ4n) is 3.58. The van der Waals surface area contributed by atoms with E-state index in [-0.39, 0.29) is 17.7 Å². The highest BCUT2D eigenvalue weighted by molar-refractivity contribution is 5.96. The summed E-state index contributed by atoms with van der Waals surface area (Å²) in [6.07, 6.45) is 0.300. The van der Waals surface area contributed by atoms with Crippen molar-refractivity contribution in [3.05, 3.63) is 60.0 Å². The Morgan fingerprint density at radius 3 is 2.71 bits per heavy atom. The Hall–Kier alpha value is -3.68. The number of benzene rings is 2. The van der Waals surface area contributed by atoms with E-state index >= 15 is 0 Å². The number of aromatic nitrogens is 2. The number of carbonyl (C=O) groups is 2. The Bertz CT molecular complexity index is 1090. The summed E-state index contributed by atoms with van der Waals surface area (Å²) in [5, 5.41) is 4.07. The topological polar surface area (TPSA) is 88.8 Å². The van der Waals surface area contributed by atoms with Crippen LogP contribution in [0.5, 0.6) is 5.75 Å². The van der Waals surface area contributed by atoms with Gasteiger partial charge >= 0.3 is 0 Å². The normalized spacial score (nSPS) is 15.9. The van der Waals surface area contributed by atoms with E-state index in [1.165, 1.54) is 4.90 Å². The molecule has 1 aliphatic heterocycles. The first-order chi connectivity index (χ1) is 15.0. The van der Waals surface area contributed by atoms with Crippen LogP contribution in [0.1, 0.15) is 35.5 Å². The molecular weight excluding hydrogens is 396 g/mol. The first kappa shape index (κ1) is 20.6. The first-order valence-electron chi connectivity index (χ1n) is 10.1. The Morgan fingerprint density at radius 1 is 1.23 bits per heavy atom. The molecule has 31 heavy (non-hydrogen) atoms. The third kappa shape index (κ3) is 4.28. The molecule has 8 heteroatoms. The maximum absolute atomic E-state index is 12.6. The molecule has 2 aromatic carbocycles. The van der Waals surface area contributed by atoms with Gasteiger partial charge < -0.3 is 19.1 Å². The SMILES string of the molecule is CCOc1ccc(N2CC(c3nc(-c4cccc(C(=O)N(C)C)c4)no3)CC2=O)cc1. The Morgan fingerprint density at radius 2 is 2.00 bits per heavy atom. The molecule has 2 amide bonds. The molecule has 0 spiro atoms. The molecule has 1 aromatic heterocycles. The zero-order valence-electron chi connectivity index (χ0n) is 17.7. The second-order valence-corrected chi connectivity index (χ2v) is 7.57. The number of ether oxygens (including phenoxy) is 1. The summed E-state index contributed by atoms with van der Waals surface area (Å²) in [5.74, 6) is 1.31. The van der Waals surface area contributed by atoms with Gasteiger partial charge in [0.2, 0.25) is 17.6 Å². The van der Waals surface area contributed by atoms with E-state index in [1.54, 1.807) is 37.2 Å². The van der Waals surface area contributed by atoms with Crippen LogP contribution >= 0.6 is 0 Å². The van der Waals surface area contributed by atoms with Crippen molar-refractivity contribution in [3.8, 4) is 17.1 Å². The summed E-state index contributed by atoms with van der Waals surface area (Å²) in [6, 6.07) is 14.6. The molecule has 0 bridgehead atoms. The van der Waals surface area contributed by atoms with Crippen LogP contribution in [0.2, 0.25) is 0 Å². The van der Waals surface area contributed by atoms with Crippen molar-refractivity contribution in [3.63, 3.8) is 0 Å². The van der Waals surface area contributed by atoms with Gasteiger partial charge in [-0.3, -0.25) is 9.59 Å². The Balaban J connectivity index is 1.50. The van der Waals surface area contributed by atoms with Gasteiger partial charge in [-0.25, -0.2) is 0 Å². The zero-order valence-corrected chi connectivity index (χ0v) is 17.7. The third-order valence-electron chi connectivity index (χ3n) is 5.15. The third-order valence-corrected chi connectivity index (χ3v) is 5.15. The lowest BCUT2D eigenvalue weighted by Gasteiger charge is -2.16. The van der Waals surface area contributed by atoms with Crippen molar-refractivity contribution < 1.29 is 18.8 Å². The lowest BCUT2D eigenvalue weighted by Crippen LogP contribution is -2.24. The van der Waals surface area contributed by atoms with Crippen LogP contribution in [0.15, 0.2) is 53.1 Å². The van der Waals surface area contributed by atoms with Crippen LogP contribution < -0.4 is 9.64 Å². The number of rotatable bonds is 6. The fourth-order valence-corrected chi connectivity index (χ4v) is 3.58. The van der Waals surface area contributed by atoms with Crippen LogP contribution in [0.4, 0.5) is 5.69 Å². The molecule has 0 N–H and O–H groups in total. The highest BCUT2D eigenvalue weighted by atomic mass is 16.5. The van der Waals surface area contributed by atoms with E-state index < -0.39 is 0 Å². The van der Waals surface area contributed by atoms with Gasteiger partial charge in [-0.05, 0) is 43.3 Å². The van der Waals surface area contributed by atoms with E-state index in [4.69, 9.17) is 9.26 Å². The van der Waals surface area contributed by atoms with Crippen LogP contribution in [0, 0.1) is 0 Å². The van der Waals surface area contributed by atoms with Crippen molar-refractivity contribution in [1.82, 2.24) is 15.0 Å². The first-order valence-corrected chi connectivity index (χ1v) is 10.1. The number of hydrogen-bond acceptors (Lipinski definition) is 6. The molecule has 0 saturated carbocycles. The largest absolute Gasteiger partial charge is 0.494 e. The Labute approximate surface area is 180 Å². The molecule has 4 rings (SSSR count). The highest BCUT2D eigenvalue weighted by Gasteiger charge is 2.35. The number of carbonyl (C=O) groups excluding carboxylic acids is 2. The maximum atomic E-state index is 12.6. The summed E-state index contributed by atoms with van der Waals surface area (Å²) < 4.78 is 10.9. The standard InChI is InChI=1S/C23H24N4O4/c1-4-30-19-10-8-18(9-11-19)27-14-17(13-20(27)28)22-24-21(25-31-22)15-6-5-7-16(12-15)23(29)26(2)3/h5-12,17H,4,13-14H2,1-3H3. The number of amides is 2. The minimum Gasteiger partial charge on any atom is -0.494 e. The van der Waals surface area contributed by atoms with Crippen molar-refractivity contribution in [1.29, 1.82) is 0 Å². The van der Waals surface area contributed by atoms with Gasteiger partial charge in [0.05, 0.1) is 12.5 Å². The van der Waals surface area contributed by atoms with Crippen LogP contribution in [0.3, 0.4) is 0 Å². The van der Waals surface area contributed by atoms with Crippen LogP contribution in [-0.2, 0) is 4.79 Å². The van der Waals surface area contributed by atoms with Crippen molar-refractivity contribution >= 4 is 17.5 Å². The average Bonchev–Trinajstić information content (AvgIpc) is 3.41. The second-order valence-electron chi connectivity index (χ2n) is 7.57. The van der Waals surface area contributed by atoms with E-state index in [0.717, 1.165) is 11.4 Å². The van der Waals surface area contributed by atoms with E-state index in [0.29, 0.717) is 42.4 Å². The maximum Gasteiger partial charge on any atom is 0.253 e. The number of nitrogens with zero attached hydrogens (tertiary/aromatic N) is 4. The highest BCUT2D eigenvalue weighted by Crippen LogP contribution is 2.32. The van der Waals surface area contributed by atoms with Crippen molar-refractivity contribution in [2.75, 3.05) is 32.1 Å². The molecule has 1 aliphatic rings. The minimum absolute atomic E-state index is 0.00693. The fraction of sp³-hybridized carbons (Fsp3) is 0.304. The molecule has 3 aromatic rings. The van der Waals surface area contributed by atoms with Gasteiger partial charge in [0.25, 0.3) is 5.91 Å². The van der Waals surface area contributed by atoms with Gasteiger partial charge in [0.1, 0.15) is 5.75 Å². The molecule has 0 aliphatic carbocycles. The lowest BCUT2D eigenvalue weighted by molar-refractivity contribution is -0.117. The van der Waals surface area contributed by atoms with Gasteiger partial charge in [-0.2, -0.15) is 4.98 Å². The van der Waals surface area contributed by atoms with Gasteiger partial charge in [0, 0.05) is 43.9 Å². The molecule has 0 radical (unpaired) electrons. The molecule has 1 fully saturated rings. The Kier molecular flexibility index (Phi) is 5.70. The van der Waals surface area contributed by atoms with Crippen molar-refractivity contribution in [2.45, 2.75) is 19.3 Å².